The highest BCUT2D eigenvalue weighted by atomic mass is 16.5. The van der Waals surface area contributed by atoms with Crippen LogP contribution in [0.2, 0.25) is 0 Å². The molecule has 1 aliphatic carbocycles. The first-order valence-electron chi connectivity index (χ1n) is 10.1. The van der Waals surface area contributed by atoms with Gasteiger partial charge in [-0.25, -0.2) is 4.79 Å². The van der Waals surface area contributed by atoms with Crippen LogP contribution in [0.3, 0.4) is 0 Å². The summed E-state index contributed by atoms with van der Waals surface area (Å²) in [5.74, 6) is -0.380. The Balaban J connectivity index is 1.94. The van der Waals surface area contributed by atoms with E-state index in [4.69, 9.17) is 4.74 Å². The van der Waals surface area contributed by atoms with Crippen molar-refractivity contribution in [3.05, 3.63) is 28.6 Å². The Kier molecular flexibility index (Phi) is 7.86. The molecule has 28 heavy (non-hydrogen) atoms. The molecular formula is C22H31N3O3. The van der Waals surface area contributed by atoms with Gasteiger partial charge in [-0.15, -0.1) is 0 Å². The predicted molar refractivity (Wildman–Crippen MR) is 108 cm³/mol. The zero-order chi connectivity index (χ0) is 20.7. The van der Waals surface area contributed by atoms with Crippen molar-refractivity contribution in [2.75, 3.05) is 6.61 Å². The summed E-state index contributed by atoms with van der Waals surface area (Å²) in [7, 11) is 0. The van der Waals surface area contributed by atoms with Crippen LogP contribution in [-0.4, -0.2) is 29.1 Å². The van der Waals surface area contributed by atoms with E-state index in [1.54, 1.807) is 0 Å². The van der Waals surface area contributed by atoms with Crippen molar-refractivity contribution in [2.24, 2.45) is 5.92 Å². The molecule has 0 bridgehead atoms. The third kappa shape index (κ3) is 5.72. The minimum absolute atomic E-state index is 0.101. The van der Waals surface area contributed by atoms with Gasteiger partial charge >= 0.3 is 5.97 Å². The molecule has 0 aliphatic heterocycles. The molecule has 1 aromatic rings. The lowest BCUT2D eigenvalue weighted by molar-refractivity contribution is -0.144. The van der Waals surface area contributed by atoms with Crippen LogP contribution in [0, 0.1) is 31.1 Å². The third-order valence-electron chi connectivity index (χ3n) is 5.42. The number of aromatic nitrogens is 1. The first-order valence-corrected chi connectivity index (χ1v) is 10.1. The summed E-state index contributed by atoms with van der Waals surface area (Å²) in [6.45, 7) is 8.81. The molecule has 0 atom stereocenters. The van der Waals surface area contributed by atoms with Crippen LogP contribution >= 0.6 is 0 Å². The van der Waals surface area contributed by atoms with Crippen LogP contribution in [0.5, 0.6) is 0 Å². The average Bonchev–Trinajstić information content (AvgIpc) is 2.93. The molecule has 0 unspecified atom stereocenters. The van der Waals surface area contributed by atoms with E-state index >= 15 is 0 Å². The number of amides is 1. The molecule has 1 fully saturated rings. The fourth-order valence-electron chi connectivity index (χ4n) is 3.72. The Morgan fingerprint density at radius 3 is 2.61 bits per heavy atom. The number of rotatable bonds is 7. The third-order valence-corrected chi connectivity index (χ3v) is 5.42. The van der Waals surface area contributed by atoms with Crippen molar-refractivity contribution in [3.8, 4) is 6.07 Å². The number of ether oxygens (including phenoxy) is 1. The smallest absolute Gasteiger partial charge is 0.349 e. The lowest BCUT2D eigenvalue weighted by atomic mass is 9.87. The van der Waals surface area contributed by atoms with E-state index in [9.17, 15) is 14.9 Å². The van der Waals surface area contributed by atoms with E-state index < -0.39 is 5.97 Å². The molecule has 0 spiro atoms. The number of hydrogen-bond donors (Lipinski definition) is 1. The highest BCUT2D eigenvalue weighted by Gasteiger charge is 2.21. The Morgan fingerprint density at radius 2 is 2.00 bits per heavy atom. The SMILES string of the molecule is CCCn1c(C)cc(/C=C(\C#N)C(=O)OCC(=O)NC2CCC(C)CC2)c1C. The summed E-state index contributed by atoms with van der Waals surface area (Å²) in [6, 6.07) is 3.99. The summed E-state index contributed by atoms with van der Waals surface area (Å²) in [5, 5.41) is 12.3. The number of carbonyl (C=O) groups is 2. The maximum Gasteiger partial charge on any atom is 0.349 e. The molecule has 6 heteroatoms. The molecule has 1 aromatic heterocycles. The predicted octanol–water partition coefficient (Wildman–Crippen LogP) is 3.66. The van der Waals surface area contributed by atoms with Crippen molar-refractivity contribution in [2.45, 2.75) is 72.4 Å². The lowest BCUT2D eigenvalue weighted by Gasteiger charge is -2.26. The minimum Gasteiger partial charge on any atom is -0.451 e. The second-order valence-corrected chi connectivity index (χ2v) is 7.75. The molecule has 1 heterocycles. The van der Waals surface area contributed by atoms with Gasteiger partial charge in [0, 0.05) is 24.0 Å². The molecule has 152 valence electrons. The van der Waals surface area contributed by atoms with E-state index in [1.807, 2.05) is 26.0 Å². The largest absolute Gasteiger partial charge is 0.451 e. The Labute approximate surface area is 167 Å². The zero-order valence-corrected chi connectivity index (χ0v) is 17.4. The maximum atomic E-state index is 12.2. The van der Waals surface area contributed by atoms with Gasteiger partial charge in [-0.1, -0.05) is 13.8 Å². The summed E-state index contributed by atoms with van der Waals surface area (Å²) in [4.78, 5) is 24.3. The second kappa shape index (κ2) is 10.1. The first-order chi connectivity index (χ1) is 13.3. The molecule has 0 radical (unpaired) electrons. The monoisotopic (exact) mass is 385 g/mol. The minimum atomic E-state index is -0.768. The first kappa shape index (κ1) is 21.7. The molecule has 1 saturated carbocycles. The zero-order valence-electron chi connectivity index (χ0n) is 17.4. The van der Waals surface area contributed by atoms with Crippen LogP contribution < -0.4 is 5.32 Å². The van der Waals surface area contributed by atoms with E-state index in [1.165, 1.54) is 6.08 Å². The number of nitrogens with zero attached hydrogens (tertiary/aromatic N) is 2. The molecule has 6 nitrogen and oxygen atoms in total. The van der Waals surface area contributed by atoms with Gasteiger partial charge < -0.3 is 14.6 Å². The fourth-order valence-corrected chi connectivity index (χ4v) is 3.72. The van der Waals surface area contributed by atoms with E-state index in [0.717, 1.165) is 55.6 Å². The van der Waals surface area contributed by atoms with Gasteiger partial charge in [-0.3, -0.25) is 4.79 Å². The molecule has 1 aliphatic rings. The fraction of sp³-hybridized carbons (Fsp3) is 0.591. The molecule has 0 saturated heterocycles. The number of hydrogen-bond acceptors (Lipinski definition) is 4. The average molecular weight is 386 g/mol. The van der Waals surface area contributed by atoms with Crippen molar-refractivity contribution in [3.63, 3.8) is 0 Å². The summed E-state index contributed by atoms with van der Waals surface area (Å²) in [6.07, 6.45) is 6.65. The van der Waals surface area contributed by atoms with Gasteiger partial charge in [-0.2, -0.15) is 5.26 Å². The molecule has 1 amide bonds. The van der Waals surface area contributed by atoms with Gasteiger partial charge in [-0.05, 0) is 69.6 Å². The topological polar surface area (TPSA) is 84.1 Å². The number of nitrogens with one attached hydrogen (secondary N) is 1. The highest BCUT2D eigenvalue weighted by Crippen LogP contribution is 2.23. The molecule has 2 rings (SSSR count). The molecular weight excluding hydrogens is 354 g/mol. The van der Waals surface area contributed by atoms with Crippen molar-refractivity contribution in [1.82, 2.24) is 9.88 Å². The van der Waals surface area contributed by atoms with Crippen molar-refractivity contribution in [1.29, 1.82) is 5.26 Å². The quantitative estimate of drug-likeness (QED) is 0.441. The van der Waals surface area contributed by atoms with Gasteiger partial charge in [0.15, 0.2) is 6.61 Å². The number of carbonyl (C=O) groups excluding carboxylic acids is 2. The lowest BCUT2D eigenvalue weighted by Crippen LogP contribution is -2.39. The van der Waals surface area contributed by atoms with Crippen molar-refractivity contribution >= 4 is 18.0 Å². The highest BCUT2D eigenvalue weighted by molar-refractivity contribution is 5.99. The van der Waals surface area contributed by atoms with Gasteiger partial charge in [0.05, 0.1) is 0 Å². The molecule has 0 aromatic carbocycles. The standard InChI is InChI=1S/C22H31N3O3/c1-5-10-25-16(3)11-18(17(25)4)12-19(13-23)22(27)28-14-21(26)24-20-8-6-15(2)7-9-20/h11-12,15,20H,5-10,14H2,1-4H3,(H,24,26)/b19-12+. The maximum absolute atomic E-state index is 12.2. The van der Waals surface area contributed by atoms with Crippen LogP contribution in [-0.2, 0) is 20.9 Å². The van der Waals surface area contributed by atoms with E-state index in [-0.39, 0.29) is 24.1 Å². The summed E-state index contributed by atoms with van der Waals surface area (Å²) < 4.78 is 7.22. The Morgan fingerprint density at radius 1 is 1.32 bits per heavy atom. The van der Waals surface area contributed by atoms with Crippen LogP contribution in [0.15, 0.2) is 11.6 Å². The van der Waals surface area contributed by atoms with Gasteiger partial charge in [0.25, 0.3) is 5.91 Å². The molecule has 1 N–H and O–H groups in total. The summed E-state index contributed by atoms with van der Waals surface area (Å²) in [5.41, 5.74) is 2.80. The number of aryl methyl sites for hydroxylation is 1. The van der Waals surface area contributed by atoms with Crippen molar-refractivity contribution < 1.29 is 14.3 Å². The Hall–Kier alpha value is -2.55. The Bertz CT molecular complexity index is 778. The van der Waals surface area contributed by atoms with Crippen LogP contribution in [0.4, 0.5) is 0 Å². The number of esters is 1. The van der Waals surface area contributed by atoms with Crippen LogP contribution in [0.25, 0.3) is 6.08 Å². The van der Waals surface area contributed by atoms with E-state index in [2.05, 4.69) is 23.7 Å². The number of nitriles is 1. The second-order valence-electron chi connectivity index (χ2n) is 7.75. The van der Waals surface area contributed by atoms with Crippen LogP contribution in [0.1, 0.15) is 62.9 Å². The summed E-state index contributed by atoms with van der Waals surface area (Å²) >= 11 is 0. The van der Waals surface area contributed by atoms with E-state index in [0.29, 0.717) is 5.92 Å². The van der Waals surface area contributed by atoms with Gasteiger partial charge in [0.2, 0.25) is 0 Å². The van der Waals surface area contributed by atoms with Gasteiger partial charge in [0.1, 0.15) is 11.6 Å². The normalized spacial score (nSPS) is 19.8.